The molecule has 1 aliphatic rings. The zero-order valence-corrected chi connectivity index (χ0v) is 14.2. The standard InChI is InChI=1S/C17H26N2O2.ClH/c1-13-6-5-7-14(10-13)17(8-3-4-9-17)12-19-16(20)15(18)11-21-2;/h5-7,10,15H,3-4,8-9,11-12,18H2,1-2H3,(H,19,20);1H. The van der Waals surface area contributed by atoms with Gasteiger partial charge in [0, 0.05) is 19.1 Å². The Bertz CT molecular complexity index is 487. The van der Waals surface area contributed by atoms with Crippen LogP contribution in [0.15, 0.2) is 24.3 Å². The molecule has 1 aliphatic carbocycles. The summed E-state index contributed by atoms with van der Waals surface area (Å²) >= 11 is 0. The van der Waals surface area contributed by atoms with E-state index in [9.17, 15) is 4.79 Å². The molecule has 1 atom stereocenters. The number of halogens is 1. The van der Waals surface area contributed by atoms with Gasteiger partial charge in [-0.1, -0.05) is 42.7 Å². The van der Waals surface area contributed by atoms with Gasteiger partial charge in [-0.15, -0.1) is 12.4 Å². The van der Waals surface area contributed by atoms with Gasteiger partial charge in [-0.25, -0.2) is 0 Å². The molecule has 0 aliphatic heterocycles. The summed E-state index contributed by atoms with van der Waals surface area (Å²) in [6, 6.07) is 8.04. The summed E-state index contributed by atoms with van der Waals surface area (Å²) in [5.74, 6) is -0.129. The number of hydrogen-bond acceptors (Lipinski definition) is 3. The number of aryl methyl sites for hydroxylation is 1. The van der Waals surface area contributed by atoms with Crippen LogP contribution in [-0.2, 0) is 14.9 Å². The normalized spacial score (nSPS) is 17.6. The smallest absolute Gasteiger partial charge is 0.239 e. The van der Waals surface area contributed by atoms with E-state index in [4.69, 9.17) is 10.5 Å². The van der Waals surface area contributed by atoms with Crippen molar-refractivity contribution in [2.45, 2.75) is 44.1 Å². The Labute approximate surface area is 139 Å². The van der Waals surface area contributed by atoms with Crippen LogP contribution in [0.5, 0.6) is 0 Å². The zero-order chi connectivity index (χ0) is 15.3. The van der Waals surface area contributed by atoms with E-state index in [0.29, 0.717) is 6.54 Å². The van der Waals surface area contributed by atoms with Gasteiger partial charge in [0.15, 0.2) is 0 Å². The van der Waals surface area contributed by atoms with Crippen molar-refractivity contribution in [1.29, 1.82) is 0 Å². The number of methoxy groups -OCH3 is 1. The van der Waals surface area contributed by atoms with Gasteiger partial charge >= 0.3 is 0 Å². The fourth-order valence-corrected chi connectivity index (χ4v) is 3.24. The van der Waals surface area contributed by atoms with Crippen LogP contribution in [0.2, 0.25) is 0 Å². The number of nitrogens with two attached hydrogens (primary N) is 1. The van der Waals surface area contributed by atoms with Crippen molar-refractivity contribution in [1.82, 2.24) is 5.32 Å². The Balaban J connectivity index is 0.00000242. The highest BCUT2D eigenvalue weighted by Gasteiger charge is 2.36. The molecule has 2 rings (SSSR count). The molecule has 0 spiro atoms. The number of nitrogens with one attached hydrogen (secondary N) is 1. The fourth-order valence-electron chi connectivity index (χ4n) is 3.24. The second kappa shape index (κ2) is 8.51. The van der Waals surface area contributed by atoms with Crippen LogP contribution in [0.3, 0.4) is 0 Å². The summed E-state index contributed by atoms with van der Waals surface area (Å²) < 4.78 is 4.94. The molecule has 1 unspecified atom stereocenters. The van der Waals surface area contributed by atoms with E-state index in [1.54, 1.807) is 7.11 Å². The Morgan fingerprint density at radius 3 is 2.68 bits per heavy atom. The van der Waals surface area contributed by atoms with Crippen molar-refractivity contribution in [3.05, 3.63) is 35.4 Å². The third kappa shape index (κ3) is 4.45. The van der Waals surface area contributed by atoms with Gasteiger partial charge in [0.2, 0.25) is 5.91 Å². The SMILES string of the molecule is COCC(N)C(=O)NCC1(c2cccc(C)c2)CCCC1.Cl. The zero-order valence-electron chi connectivity index (χ0n) is 13.4. The van der Waals surface area contributed by atoms with Gasteiger partial charge in [0.25, 0.3) is 0 Å². The molecule has 0 bridgehead atoms. The van der Waals surface area contributed by atoms with Crippen molar-refractivity contribution >= 4 is 18.3 Å². The quantitative estimate of drug-likeness (QED) is 0.843. The van der Waals surface area contributed by atoms with E-state index in [2.05, 4.69) is 36.5 Å². The molecule has 1 saturated carbocycles. The van der Waals surface area contributed by atoms with Crippen LogP contribution >= 0.6 is 12.4 Å². The number of ether oxygens (including phenoxy) is 1. The first-order valence-electron chi connectivity index (χ1n) is 7.67. The first-order chi connectivity index (χ1) is 10.1. The summed E-state index contributed by atoms with van der Waals surface area (Å²) in [7, 11) is 1.55. The molecule has 1 fully saturated rings. The van der Waals surface area contributed by atoms with Crippen molar-refractivity contribution in [3.8, 4) is 0 Å². The van der Waals surface area contributed by atoms with Crippen LogP contribution in [0, 0.1) is 6.92 Å². The number of benzene rings is 1. The number of carbonyl (C=O) groups is 1. The van der Waals surface area contributed by atoms with E-state index < -0.39 is 6.04 Å². The van der Waals surface area contributed by atoms with E-state index in [1.807, 2.05) is 0 Å². The average Bonchev–Trinajstić information content (AvgIpc) is 2.95. The lowest BCUT2D eigenvalue weighted by molar-refractivity contribution is -0.123. The topological polar surface area (TPSA) is 64.3 Å². The first kappa shape index (κ1) is 18.9. The van der Waals surface area contributed by atoms with Gasteiger partial charge in [-0.2, -0.15) is 0 Å². The molecule has 0 radical (unpaired) electrons. The summed E-state index contributed by atoms with van der Waals surface area (Å²) in [6.07, 6.45) is 4.67. The summed E-state index contributed by atoms with van der Waals surface area (Å²) in [6.45, 7) is 3.02. The van der Waals surface area contributed by atoms with Crippen molar-refractivity contribution in [2.75, 3.05) is 20.3 Å². The third-order valence-corrected chi connectivity index (χ3v) is 4.48. The molecule has 0 saturated heterocycles. The minimum Gasteiger partial charge on any atom is -0.383 e. The highest BCUT2D eigenvalue weighted by atomic mass is 35.5. The number of rotatable bonds is 6. The number of hydrogen-bond donors (Lipinski definition) is 2. The molecule has 0 heterocycles. The monoisotopic (exact) mass is 326 g/mol. The Hall–Kier alpha value is -1.10. The minimum atomic E-state index is -0.592. The molecule has 1 aromatic rings. The average molecular weight is 327 g/mol. The van der Waals surface area contributed by atoms with Crippen molar-refractivity contribution in [3.63, 3.8) is 0 Å². The molecule has 3 N–H and O–H groups in total. The van der Waals surface area contributed by atoms with Gasteiger partial charge in [0.1, 0.15) is 6.04 Å². The largest absolute Gasteiger partial charge is 0.383 e. The number of carbonyl (C=O) groups excluding carboxylic acids is 1. The Kier molecular flexibility index (Phi) is 7.33. The second-order valence-corrected chi connectivity index (χ2v) is 6.14. The summed E-state index contributed by atoms with van der Waals surface area (Å²) in [4.78, 5) is 12.0. The van der Waals surface area contributed by atoms with Gasteiger partial charge in [-0.05, 0) is 25.3 Å². The molecule has 22 heavy (non-hydrogen) atoms. The summed E-state index contributed by atoms with van der Waals surface area (Å²) in [5, 5.41) is 3.02. The maximum Gasteiger partial charge on any atom is 0.239 e. The van der Waals surface area contributed by atoms with Crippen LogP contribution < -0.4 is 11.1 Å². The molecule has 0 aromatic heterocycles. The lowest BCUT2D eigenvalue weighted by atomic mass is 9.78. The maximum atomic E-state index is 12.0. The van der Waals surface area contributed by atoms with E-state index in [1.165, 1.54) is 24.0 Å². The Morgan fingerprint density at radius 1 is 1.41 bits per heavy atom. The molecule has 1 aromatic carbocycles. The maximum absolute atomic E-state index is 12.0. The molecule has 5 heteroatoms. The van der Waals surface area contributed by atoms with Gasteiger partial charge in [-0.3, -0.25) is 4.79 Å². The van der Waals surface area contributed by atoms with E-state index in [-0.39, 0.29) is 30.3 Å². The minimum absolute atomic E-state index is 0. The van der Waals surface area contributed by atoms with Crippen LogP contribution in [0.25, 0.3) is 0 Å². The highest BCUT2D eigenvalue weighted by Crippen LogP contribution is 2.40. The predicted octanol–water partition coefficient (Wildman–Crippen LogP) is 2.32. The van der Waals surface area contributed by atoms with Crippen molar-refractivity contribution < 1.29 is 9.53 Å². The van der Waals surface area contributed by atoms with Gasteiger partial charge < -0.3 is 15.8 Å². The first-order valence-corrected chi connectivity index (χ1v) is 7.67. The molecule has 4 nitrogen and oxygen atoms in total. The fraction of sp³-hybridized carbons (Fsp3) is 0.588. The number of amides is 1. The lowest BCUT2D eigenvalue weighted by Crippen LogP contribution is -2.47. The Morgan fingerprint density at radius 2 is 2.09 bits per heavy atom. The molecular formula is C17H27ClN2O2. The van der Waals surface area contributed by atoms with Gasteiger partial charge in [0.05, 0.1) is 6.61 Å². The van der Waals surface area contributed by atoms with E-state index in [0.717, 1.165) is 12.8 Å². The van der Waals surface area contributed by atoms with Crippen LogP contribution in [0.4, 0.5) is 0 Å². The second-order valence-electron chi connectivity index (χ2n) is 6.14. The molecule has 124 valence electrons. The van der Waals surface area contributed by atoms with E-state index >= 15 is 0 Å². The summed E-state index contributed by atoms with van der Waals surface area (Å²) in [5.41, 5.74) is 8.44. The third-order valence-electron chi connectivity index (χ3n) is 4.48. The molecule has 1 amide bonds. The lowest BCUT2D eigenvalue weighted by Gasteiger charge is -2.31. The predicted molar refractivity (Wildman–Crippen MR) is 91.4 cm³/mol. The van der Waals surface area contributed by atoms with Crippen LogP contribution in [0.1, 0.15) is 36.8 Å². The molecular weight excluding hydrogens is 300 g/mol. The van der Waals surface area contributed by atoms with Crippen LogP contribution in [-0.4, -0.2) is 32.2 Å². The highest BCUT2D eigenvalue weighted by molar-refractivity contribution is 5.85. The van der Waals surface area contributed by atoms with Crippen molar-refractivity contribution in [2.24, 2.45) is 5.73 Å².